The Hall–Kier alpha value is -0.960. The summed E-state index contributed by atoms with van der Waals surface area (Å²) in [6, 6.07) is 7.71. The molecule has 1 rings (SSSR count). The third-order valence-corrected chi connectivity index (χ3v) is 3.03. The van der Waals surface area contributed by atoms with Gasteiger partial charge >= 0.3 is 0 Å². The van der Waals surface area contributed by atoms with Gasteiger partial charge in [0.25, 0.3) is 0 Å². The fraction of sp³-hybridized carbons (Fsp3) is 0.364. The highest BCUT2D eigenvalue weighted by Crippen LogP contribution is 2.31. The second-order valence-corrected chi connectivity index (χ2v) is 4.18. The minimum atomic E-state index is -0.600. The number of hydrogen-bond acceptors (Lipinski definition) is 3. The van der Waals surface area contributed by atoms with E-state index < -0.39 is 5.60 Å². The minimum absolute atomic E-state index is 0.260. The zero-order valence-corrected chi connectivity index (χ0v) is 10.2. The molecule has 0 saturated carbocycles. The van der Waals surface area contributed by atoms with Gasteiger partial charge in [0, 0.05) is 11.6 Å². The summed E-state index contributed by atoms with van der Waals surface area (Å²) in [5, 5.41) is 0. The highest BCUT2D eigenvalue weighted by molar-refractivity contribution is 9.10. The Morgan fingerprint density at radius 3 is 2.73 bits per heavy atom. The first-order chi connectivity index (χ1) is 7.14. The normalized spacial score (nSPS) is 14.1. The lowest BCUT2D eigenvalue weighted by atomic mass is 9.96. The molecular formula is C11H12BrNO2. The van der Waals surface area contributed by atoms with Crippen molar-refractivity contribution in [2.45, 2.75) is 12.5 Å². The Morgan fingerprint density at radius 2 is 2.20 bits per heavy atom. The Kier molecular flexibility index (Phi) is 4.21. The summed E-state index contributed by atoms with van der Waals surface area (Å²) in [5.74, 6) is 0. The van der Waals surface area contributed by atoms with Gasteiger partial charge in [0.15, 0.2) is 0 Å². The van der Waals surface area contributed by atoms with Gasteiger partial charge in [0.05, 0.1) is 6.54 Å². The average molecular weight is 270 g/mol. The molecule has 1 atom stereocenters. The van der Waals surface area contributed by atoms with Gasteiger partial charge in [-0.2, -0.15) is 0 Å². The summed E-state index contributed by atoms with van der Waals surface area (Å²) in [6.45, 7) is 2.14. The number of nitrogens with zero attached hydrogens (tertiary/aromatic N) is 1. The average Bonchev–Trinajstić information content (AvgIpc) is 2.26. The van der Waals surface area contributed by atoms with E-state index >= 15 is 0 Å². The molecule has 0 aliphatic carbocycles. The molecule has 0 aromatic heterocycles. The van der Waals surface area contributed by atoms with Gasteiger partial charge in [-0.1, -0.05) is 34.1 Å². The van der Waals surface area contributed by atoms with E-state index in [0.717, 1.165) is 10.0 Å². The number of hydrogen-bond donors (Lipinski definition) is 0. The predicted molar refractivity (Wildman–Crippen MR) is 61.5 cm³/mol. The summed E-state index contributed by atoms with van der Waals surface area (Å²) >= 11 is 3.44. The molecule has 0 saturated heterocycles. The van der Waals surface area contributed by atoms with Crippen LogP contribution in [0.25, 0.3) is 0 Å². The molecular weight excluding hydrogens is 258 g/mol. The molecule has 0 N–H and O–H groups in total. The van der Waals surface area contributed by atoms with Crippen molar-refractivity contribution in [2.75, 3.05) is 13.7 Å². The molecule has 1 aromatic rings. The van der Waals surface area contributed by atoms with E-state index in [1.807, 2.05) is 31.2 Å². The van der Waals surface area contributed by atoms with Crippen molar-refractivity contribution in [2.24, 2.45) is 4.99 Å². The smallest absolute Gasteiger partial charge is 0.235 e. The third-order valence-electron chi connectivity index (χ3n) is 2.34. The van der Waals surface area contributed by atoms with Crippen LogP contribution >= 0.6 is 15.9 Å². The number of halogens is 1. The van der Waals surface area contributed by atoms with Gasteiger partial charge in [-0.3, -0.25) is 0 Å². The molecule has 4 heteroatoms. The summed E-state index contributed by atoms with van der Waals surface area (Å²) in [5.41, 5.74) is 0.365. The molecule has 0 spiro atoms. The number of isocyanates is 1. The van der Waals surface area contributed by atoms with Crippen LogP contribution in [0.5, 0.6) is 0 Å². The maximum atomic E-state index is 10.1. The lowest BCUT2D eigenvalue weighted by Gasteiger charge is -2.27. The van der Waals surface area contributed by atoms with Gasteiger partial charge in [0.1, 0.15) is 5.60 Å². The molecule has 0 aliphatic rings. The van der Waals surface area contributed by atoms with Crippen molar-refractivity contribution < 1.29 is 9.53 Å². The fourth-order valence-corrected chi connectivity index (χ4v) is 2.04. The van der Waals surface area contributed by atoms with E-state index in [-0.39, 0.29) is 6.54 Å². The second kappa shape index (κ2) is 5.21. The molecule has 0 heterocycles. The molecule has 0 fully saturated rings. The Bertz CT molecular complexity index is 388. The number of carbonyl (C=O) groups excluding carboxylic acids is 1. The molecule has 80 valence electrons. The van der Waals surface area contributed by atoms with E-state index in [4.69, 9.17) is 4.74 Å². The minimum Gasteiger partial charge on any atom is -0.372 e. The van der Waals surface area contributed by atoms with Crippen LogP contribution in [0.4, 0.5) is 0 Å². The molecule has 3 nitrogen and oxygen atoms in total. The third kappa shape index (κ3) is 2.75. The Balaban J connectivity index is 3.10. The highest BCUT2D eigenvalue weighted by atomic mass is 79.9. The van der Waals surface area contributed by atoms with Crippen LogP contribution in [0, 0.1) is 0 Å². The number of rotatable bonds is 4. The summed E-state index contributed by atoms with van der Waals surface area (Å²) in [7, 11) is 1.60. The number of ether oxygens (including phenoxy) is 1. The van der Waals surface area contributed by atoms with Gasteiger partial charge in [-0.05, 0) is 18.6 Å². The number of benzene rings is 1. The first-order valence-electron chi connectivity index (χ1n) is 4.48. The van der Waals surface area contributed by atoms with Crippen LogP contribution in [0.15, 0.2) is 33.7 Å². The van der Waals surface area contributed by atoms with Gasteiger partial charge < -0.3 is 4.74 Å². The first-order valence-corrected chi connectivity index (χ1v) is 5.27. The highest BCUT2D eigenvalue weighted by Gasteiger charge is 2.27. The van der Waals surface area contributed by atoms with Crippen LogP contribution in [-0.2, 0) is 15.1 Å². The van der Waals surface area contributed by atoms with Crippen molar-refractivity contribution >= 4 is 22.0 Å². The van der Waals surface area contributed by atoms with E-state index in [2.05, 4.69) is 20.9 Å². The number of methoxy groups -OCH3 is 1. The van der Waals surface area contributed by atoms with Crippen LogP contribution in [0.2, 0.25) is 0 Å². The summed E-state index contributed by atoms with van der Waals surface area (Å²) in [4.78, 5) is 13.7. The van der Waals surface area contributed by atoms with Crippen molar-refractivity contribution in [1.29, 1.82) is 0 Å². The van der Waals surface area contributed by atoms with Crippen LogP contribution in [0.3, 0.4) is 0 Å². The quantitative estimate of drug-likeness (QED) is 0.623. The Morgan fingerprint density at radius 1 is 1.53 bits per heavy atom. The zero-order valence-electron chi connectivity index (χ0n) is 8.66. The van der Waals surface area contributed by atoms with Crippen LogP contribution in [0.1, 0.15) is 12.5 Å². The van der Waals surface area contributed by atoms with Crippen LogP contribution in [-0.4, -0.2) is 19.7 Å². The fourth-order valence-electron chi connectivity index (χ4n) is 1.33. The van der Waals surface area contributed by atoms with Gasteiger partial charge in [-0.25, -0.2) is 9.79 Å². The van der Waals surface area contributed by atoms with Gasteiger partial charge in [-0.15, -0.1) is 0 Å². The molecule has 0 aliphatic heterocycles. The van der Waals surface area contributed by atoms with Crippen molar-refractivity contribution in [3.8, 4) is 0 Å². The molecule has 1 aromatic carbocycles. The van der Waals surface area contributed by atoms with Crippen molar-refractivity contribution in [3.63, 3.8) is 0 Å². The zero-order chi connectivity index (χ0) is 11.3. The predicted octanol–water partition coefficient (Wildman–Crippen LogP) is 2.65. The van der Waals surface area contributed by atoms with Crippen LogP contribution < -0.4 is 0 Å². The lowest BCUT2D eigenvalue weighted by Crippen LogP contribution is -2.28. The summed E-state index contributed by atoms with van der Waals surface area (Å²) < 4.78 is 6.34. The number of aliphatic imine (C=N–C) groups is 1. The standard InChI is InChI=1S/C11H12BrNO2/c1-11(15-2,7-13-8-14)9-5-3-4-6-10(9)12/h3-6H,7H2,1-2H3. The Labute approximate surface area is 97.3 Å². The van der Waals surface area contributed by atoms with E-state index in [1.165, 1.54) is 6.08 Å². The second-order valence-electron chi connectivity index (χ2n) is 3.32. The van der Waals surface area contributed by atoms with Crippen molar-refractivity contribution in [3.05, 3.63) is 34.3 Å². The lowest BCUT2D eigenvalue weighted by molar-refractivity contribution is 0.00995. The molecule has 0 radical (unpaired) electrons. The molecule has 1 unspecified atom stereocenters. The van der Waals surface area contributed by atoms with E-state index in [1.54, 1.807) is 7.11 Å². The maximum Gasteiger partial charge on any atom is 0.235 e. The van der Waals surface area contributed by atoms with Gasteiger partial charge in [0.2, 0.25) is 6.08 Å². The first kappa shape index (κ1) is 12.1. The summed E-state index contributed by atoms with van der Waals surface area (Å²) in [6.07, 6.45) is 1.53. The topological polar surface area (TPSA) is 38.7 Å². The maximum absolute atomic E-state index is 10.1. The SMILES string of the molecule is COC(C)(CN=C=O)c1ccccc1Br. The van der Waals surface area contributed by atoms with E-state index in [9.17, 15) is 4.79 Å². The molecule has 0 bridgehead atoms. The largest absolute Gasteiger partial charge is 0.372 e. The monoisotopic (exact) mass is 269 g/mol. The van der Waals surface area contributed by atoms with Crippen molar-refractivity contribution in [1.82, 2.24) is 0 Å². The molecule has 0 amide bonds. The molecule has 15 heavy (non-hydrogen) atoms. The van der Waals surface area contributed by atoms with E-state index in [0.29, 0.717) is 0 Å².